The van der Waals surface area contributed by atoms with Crippen molar-refractivity contribution in [3.63, 3.8) is 0 Å². The van der Waals surface area contributed by atoms with Crippen molar-refractivity contribution < 1.29 is 18.8 Å². The normalized spacial score (nSPS) is 17.6. The van der Waals surface area contributed by atoms with Crippen molar-refractivity contribution in [3.05, 3.63) is 52.0 Å². The van der Waals surface area contributed by atoms with E-state index < -0.39 is 16.6 Å². The van der Waals surface area contributed by atoms with E-state index in [2.05, 4.69) is 0 Å². The topological polar surface area (TPSA) is 64.3 Å². The maximum atomic E-state index is 12.3. The van der Waals surface area contributed by atoms with Gasteiger partial charge < -0.3 is 4.42 Å². The molecule has 1 aromatic rings. The van der Waals surface area contributed by atoms with Crippen molar-refractivity contribution in [3.8, 4) is 0 Å². The molecule has 0 radical (unpaired) electrons. The number of Topliss-reactive ketones (excluding diaryl/α,β-unsaturated/α-hetero) is 3. The number of rotatable bonds is 2. The maximum absolute atomic E-state index is 12.3. The largest absolute Gasteiger partial charge is 0.462 e. The second-order valence-electron chi connectivity index (χ2n) is 4.27. The second kappa shape index (κ2) is 4.58. The number of allylic oxidation sites excluding steroid dienone is 5. The van der Waals surface area contributed by atoms with Gasteiger partial charge in [-0.3, -0.25) is 14.4 Å². The Bertz CT molecular complexity index is 762. The summed E-state index contributed by atoms with van der Waals surface area (Å²) in [5, 5.41) is -0.543. The number of carbonyl (C=O) groups excluding carboxylic acids is 3. The summed E-state index contributed by atoms with van der Waals surface area (Å²) >= 11 is 11.5. The highest BCUT2D eigenvalue weighted by molar-refractivity contribution is 6.71. The predicted molar refractivity (Wildman–Crippen MR) is 72.8 cm³/mol. The number of fused-ring (bicyclic) bond motifs is 1. The molecule has 0 aliphatic heterocycles. The zero-order valence-electron chi connectivity index (χ0n) is 9.91. The summed E-state index contributed by atoms with van der Waals surface area (Å²) in [5.41, 5.74) is 0.361. The van der Waals surface area contributed by atoms with Gasteiger partial charge in [0, 0.05) is 5.57 Å². The molecule has 1 heterocycles. The molecule has 0 spiro atoms. The van der Waals surface area contributed by atoms with Crippen molar-refractivity contribution in [2.24, 2.45) is 0 Å². The zero-order chi connectivity index (χ0) is 14.4. The Hall–Kier alpha value is -1.91. The van der Waals surface area contributed by atoms with Crippen molar-refractivity contribution in [2.45, 2.75) is 6.42 Å². The molecule has 0 saturated heterocycles. The molecule has 3 rings (SSSR count). The first-order valence-corrected chi connectivity index (χ1v) is 6.45. The van der Waals surface area contributed by atoms with Crippen LogP contribution in [0.4, 0.5) is 0 Å². The number of halogens is 2. The van der Waals surface area contributed by atoms with E-state index in [1.54, 1.807) is 12.2 Å². The Labute approximate surface area is 123 Å². The van der Waals surface area contributed by atoms with Crippen LogP contribution in [0.25, 0.3) is 5.03 Å². The number of carbonyl (C=O) groups is 3. The Morgan fingerprint density at radius 1 is 1.15 bits per heavy atom. The van der Waals surface area contributed by atoms with Crippen LogP contribution >= 0.6 is 23.2 Å². The van der Waals surface area contributed by atoms with E-state index in [1.165, 1.54) is 0 Å². The van der Waals surface area contributed by atoms with Gasteiger partial charge in [-0.05, 0) is 6.42 Å². The molecule has 0 amide bonds. The van der Waals surface area contributed by atoms with E-state index in [0.717, 1.165) is 6.26 Å². The average Bonchev–Trinajstić information content (AvgIpc) is 3.10. The minimum absolute atomic E-state index is 0.0264. The molecule has 20 heavy (non-hydrogen) atoms. The molecule has 0 saturated carbocycles. The monoisotopic (exact) mass is 308 g/mol. The van der Waals surface area contributed by atoms with Crippen LogP contribution < -0.4 is 0 Å². The molecule has 0 N–H and O–H groups in total. The lowest BCUT2D eigenvalue weighted by atomic mass is 9.94. The van der Waals surface area contributed by atoms with Crippen LogP contribution in [0, 0.1) is 0 Å². The molecule has 0 bridgehead atoms. The summed E-state index contributed by atoms with van der Waals surface area (Å²) in [6.07, 6.45) is 6.97. The SMILES string of the molecule is O=C1C(=O)c2c(C(=O)C3=CCC=C3)coc2C(Cl)=C1Cl. The van der Waals surface area contributed by atoms with Gasteiger partial charge in [-0.15, -0.1) is 0 Å². The van der Waals surface area contributed by atoms with Crippen LogP contribution in [0.1, 0.15) is 32.9 Å². The van der Waals surface area contributed by atoms with Gasteiger partial charge in [-0.25, -0.2) is 0 Å². The molecular formula is C14H6Cl2O4. The predicted octanol–water partition coefficient (Wildman–Crippen LogP) is 3.26. The number of ketones is 3. The maximum Gasteiger partial charge on any atom is 0.246 e. The van der Waals surface area contributed by atoms with Crippen LogP contribution in [0.3, 0.4) is 0 Å². The quantitative estimate of drug-likeness (QED) is 0.621. The standard InChI is InChI=1S/C14H6Cl2O4/c15-9-10(16)14-8(12(18)13(9)19)7(5-20-14)11(17)6-3-1-2-4-6/h1,3-5H,2H2. The van der Waals surface area contributed by atoms with Gasteiger partial charge >= 0.3 is 0 Å². The van der Waals surface area contributed by atoms with Crippen molar-refractivity contribution in [1.29, 1.82) is 0 Å². The number of hydrogen-bond donors (Lipinski definition) is 0. The molecule has 2 aliphatic rings. The Morgan fingerprint density at radius 3 is 2.55 bits per heavy atom. The smallest absolute Gasteiger partial charge is 0.246 e. The Kier molecular flexibility index (Phi) is 3.00. The van der Waals surface area contributed by atoms with Gasteiger partial charge in [-0.2, -0.15) is 0 Å². The van der Waals surface area contributed by atoms with Gasteiger partial charge in [0.25, 0.3) is 0 Å². The number of hydrogen-bond acceptors (Lipinski definition) is 4. The molecule has 6 heteroatoms. The van der Waals surface area contributed by atoms with E-state index in [9.17, 15) is 14.4 Å². The third-order valence-corrected chi connectivity index (χ3v) is 3.91. The lowest BCUT2D eigenvalue weighted by Crippen LogP contribution is -2.22. The van der Waals surface area contributed by atoms with Crippen LogP contribution in [-0.4, -0.2) is 17.3 Å². The molecule has 0 atom stereocenters. The molecule has 0 aromatic carbocycles. The molecule has 0 fully saturated rings. The zero-order valence-corrected chi connectivity index (χ0v) is 11.4. The fourth-order valence-electron chi connectivity index (χ4n) is 2.11. The van der Waals surface area contributed by atoms with E-state index in [4.69, 9.17) is 27.6 Å². The van der Waals surface area contributed by atoms with Gasteiger partial charge in [0.2, 0.25) is 11.6 Å². The fourth-order valence-corrected chi connectivity index (χ4v) is 2.50. The Morgan fingerprint density at radius 2 is 1.90 bits per heavy atom. The van der Waals surface area contributed by atoms with Crippen LogP contribution in [0.2, 0.25) is 0 Å². The molecule has 1 aromatic heterocycles. The van der Waals surface area contributed by atoms with Gasteiger partial charge in [-0.1, -0.05) is 41.4 Å². The van der Waals surface area contributed by atoms with Crippen molar-refractivity contribution in [1.82, 2.24) is 0 Å². The third-order valence-electron chi connectivity index (χ3n) is 3.09. The minimum atomic E-state index is -0.935. The van der Waals surface area contributed by atoms with Crippen LogP contribution in [0.5, 0.6) is 0 Å². The fraction of sp³-hybridized carbons (Fsp3) is 0.0714. The highest BCUT2D eigenvalue weighted by atomic mass is 35.5. The molecule has 0 unspecified atom stereocenters. The summed E-state index contributed by atoms with van der Waals surface area (Å²) in [4.78, 5) is 36.0. The lowest BCUT2D eigenvalue weighted by molar-refractivity contribution is -0.111. The van der Waals surface area contributed by atoms with Crippen molar-refractivity contribution >= 4 is 45.6 Å². The summed E-state index contributed by atoms with van der Waals surface area (Å²) in [5.74, 6) is -2.23. The lowest BCUT2D eigenvalue weighted by Gasteiger charge is -2.09. The first kappa shape index (κ1) is 13.1. The van der Waals surface area contributed by atoms with Gasteiger partial charge in [0.1, 0.15) is 16.3 Å². The van der Waals surface area contributed by atoms with E-state index in [0.29, 0.717) is 12.0 Å². The third kappa shape index (κ3) is 1.72. The first-order chi connectivity index (χ1) is 9.52. The van der Waals surface area contributed by atoms with E-state index >= 15 is 0 Å². The Balaban J connectivity index is 2.17. The van der Waals surface area contributed by atoms with Crippen molar-refractivity contribution in [2.75, 3.05) is 0 Å². The minimum Gasteiger partial charge on any atom is -0.462 e. The van der Waals surface area contributed by atoms with Crippen LogP contribution in [-0.2, 0) is 4.79 Å². The van der Waals surface area contributed by atoms with E-state index in [-0.39, 0.29) is 27.7 Å². The van der Waals surface area contributed by atoms with Gasteiger partial charge in [0.15, 0.2) is 11.5 Å². The summed E-state index contributed by atoms with van der Waals surface area (Å²) < 4.78 is 5.15. The highest BCUT2D eigenvalue weighted by Gasteiger charge is 2.38. The highest BCUT2D eigenvalue weighted by Crippen LogP contribution is 2.37. The molecule has 2 aliphatic carbocycles. The average molecular weight is 309 g/mol. The van der Waals surface area contributed by atoms with Gasteiger partial charge in [0.05, 0.1) is 11.1 Å². The molecule has 100 valence electrons. The summed E-state index contributed by atoms with van der Waals surface area (Å²) in [7, 11) is 0. The summed E-state index contributed by atoms with van der Waals surface area (Å²) in [6.45, 7) is 0. The molecular weight excluding hydrogens is 303 g/mol. The summed E-state index contributed by atoms with van der Waals surface area (Å²) in [6, 6.07) is 0. The molecule has 4 nitrogen and oxygen atoms in total. The van der Waals surface area contributed by atoms with E-state index in [1.807, 2.05) is 6.08 Å². The van der Waals surface area contributed by atoms with Crippen LogP contribution in [0.15, 0.2) is 39.5 Å². The number of furan rings is 1. The second-order valence-corrected chi connectivity index (χ2v) is 5.02. The first-order valence-electron chi connectivity index (χ1n) is 5.70.